The van der Waals surface area contributed by atoms with Crippen LogP contribution in [0.4, 0.5) is 11.4 Å². The van der Waals surface area contributed by atoms with Gasteiger partial charge in [0.15, 0.2) is 0 Å². The topological polar surface area (TPSA) is 117 Å². The van der Waals surface area contributed by atoms with Gasteiger partial charge in [-0.25, -0.2) is 0 Å². The first-order valence-electron chi connectivity index (χ1n) is 11.6. The average Bonchev–Trinajstić information content (AvgIpc) is 2.86. The smallest absolute Gasteiger partial charge is 0.316 e. The molecule has 0 aliphatic rings. The number of para-hydroxylation sites is 2. The molecule has 0 saturated carbocycles. The fourth-order valence-electron chi connectivity index (χ4n) is 3.30. The summed E-state index contributed by atoms with van der Waals surface area (Å²) in [4.78, 5) is 0. The molecular formula is C28H30N2O6S2. The molecule has 0 amide bonds. The average molecular weight is 555 g/mol. The van der Waals surface area contributed by atoms with Gasteiger partial charge in [-0.05, 0) is 92.4 Å². The van der Waals surface area contributed by atoms with E-state index >= 15 is 0 Å². The molecule has 0 fully saturated rings. The van der Waals surface area contributed by atoms with Gasteiger partial charge in [0.05, 0.1) is 11.4 Å². The number of hydrogen-bond donors (Lipinski definition) is 4. The van der Waals surface area contributed by atoms with Crippen LogP contribution in [0.3, 0.4) is 0 Å². The Morgan fingerprint density at radius 1 is 0.605 bits per heavy atom. The Bertz CT molecular complexity index is 1390. The SMILES string of the molecule is Cc1cc(C)c(NS(=O)Oc2ccccc2)c(O)c1.Cc1cc(O)c(NS(=O)Oc2ccccc2)cc1C. The summed E-state index contributed by atoms with van der Waals surface area (Å²) in [6.07, 6.45) is 0. The van der Waals surface area contributed by atoms with Gasteiger partial charge in [-0.1, -0.05) is 42.5 Å². The molecule has 2 atom stereocenters. The number of nitrogens with one attached hydrogen (secondary N) is 2. The van der Waals surface area contributed by atoms with Crippen LogP contribution in [-0.4, -0.2) is 18.6 Å². The first kappa shape index (κ1) is 28.5. The lowest BCUT2D eigenvalue weighted by molar-refractivity contribution is 0.476. The van der Waals surface area contributed by atoms with E-state index in [9.17, 15) is 18.6 Å². The molecule has 4 N–H and O–H groups in total. The van der Waals surface area contributed by atoms with Crippen LogP contribution in [0.25, 0.3) is 0 Å². The maximum atomic E-state index is 11.8. The molecule has 8 nitrogen and oxygen atoms in total. The van der Waals surface area contributed by atoms with E-state index in [0.29, 0.717) is 22.9 Å². The summed E-state index contributed by atoms with van der Waals surface area (Å²) in [5.74, 6) is 1.10. The number of phenols is 2. The van der Waals surface area contributed by atoms with Crippen LogP contribution in [0.15, 0.2) is 84.9 Å². The van der Waals surface area contributed by atoms with Gasteiger partial charge in [0.1, 0.15) is 23.0 Å². The van der Waals surface area contributed by atoms with Crippen molar-refractivity contribution in [2.45, 2.75) is 27.7 Å². The zero-order valence-corrected chi connectivity index (χ0v) is 23.1. The minimum atomic E-state index is -1.76. The van der Waals surface area contributed by atoms with Crippen LogP contribution < -0.4 is 17.8 Å². The summed E-state index contributed by atoms with van der Waals surface area (Å²) in [5.41, 5.74) is 4.52. The van der Waals surface area contributed by atoms with Crippen molar-refractivity contribution in [3.8, 4) is 23.0 Å². The second kappa shape index (κ2) is 13.5. The summed E-state index contributed by atoms with van der Waals surface area (Å²) >= 11 is -3.52. The van der Waals surface area contributed by atoms with E-state index in [0.717, 1.165) is 22.3 Å². The Hall–Kier alpha value is -4.02. The molecule has 4 aromatic rings. The van der Waals surface area contributed by atoms with Crippen molar-refractivity contribution < 1.29 is 27.0 Å². The van der Waals surface area contributed by atoms with Crippen molar-refractivity contribution in [3.63, 3.8) is 0 Å². The molecule has 0 bridgehead atoms. The van der Waals surface area contributed by atoms with E-state index in [1.54, 1.807) is 66.7 Å². The van der Waals surface area contributed by atoms with Crippen molar-refractivity contribution in [3.05, 3.63) is 107 Å². The number of phenolic OH excluding ortho intramolecular Hbond substituents is 2. The highest BCUT2D eigenvalue weighted by Crippen LogP contribution is 2.29. The minimum absolute atomic E-state index is 0.0492. The first-order chi connectivity index (χ1) is 18.1. The first-order valence-corrected chi connectivity index (χ1v) is 13.7. The fraction of sp³-hybridized carbons (Fsp3) is 0.143. The van der Waals surface area contributed by atoms with Crippen molar-refractivity contribution in [1.29, 1.82) is 0 Å². The zero-order valence-electron chi connectivity index (χ0n) is 21.4. The zero-order chi connectivity index (χ0) is 27.7. The highest BCUT2D eigenvalue weighted by Gasteiger charge is 2.11. The van der Waals surface area contributed by atoms with Crippen LogP contribution in [0.1, 0.15) is 22.3 Å². The van der Waals surface area contributed by atoms with E-state index in [1.165, 1.54) is 0 Å². The molecule has 4 aromatic carbocycles. The van der Waals surface area contributed by atoms with Gasteiger partial charge in [0.2, 0.25) is 0 Å². The summed E-state index contributed by atoms with van der Waals surface area (Å²) in [5, 5.41) is 19.6. The molecule has 0 radical (unpaired) electrons. The second-order valence-electron chi connectivity index (χ2n) is 8.40. The molecule has 0 heterocycles. The predicted molar refractivity (Wildman–Crippen MR) is 153 cm³/mol. The third kappa shape index (κ3) is 8.53. The quantitative estimate of drug-likeness (QED) is 0.194. The van der Waals surface area contributed by atoms with E-state index < -0.39 is 22.5 Å². The molecule has 2 unspecified atom stereocenters. The third-order valence-corrected chi connectivity index (χ3v) is 6.73. The third-order valence-electron chi connectivity index (χ3n) is 5.28. The summed E-state index contributed by atoms with van der Waals surface area (Å²) < 4.78 is 39.3. The minimum Gasteiger partial charge on any atom is -0.506 e. The molecule has 4 rings (SSSR count). The molecule has 0 spiro atoms. The van der Waals surface area contributed by atoms with E-state index in [1.807, 2.05) is 45.9 Å². The van der Waals surface area contributed by atoms with E-state index in [4.69, 9.17) is 8.37 Å². The molecule has 38 heavy (non-hydrogen) atoms. The van der Waals surface area contributed by atoms with Crippen LogP contribution in [0.2, 0.25) is 0 Å². The Labute approximate surface area is 227 Å². The second-order valence-corrected chi connectivity index (χ2v) is 10.1. The van der Waals surface area contributed by atoms with Gasteiger partial charge in [-0.2, -0.15) is 8.42 Å². The van der Waals surface area contributed by atoms with Gasteiger partial charge < -0.3 is 18.6 Å². The normalized spacial score (nSPS) is 11.9. The lowest BCUT2D eigenvalue weighted by Crippen LogP contribution is -2.12. The van der Waals surface area contributed by atoms with Gasteiger partial charge in [-0.15, -0.1) is 0 Å². The number of aryl methyl sites for hydroxylation is 4. The summed E-state index contributed by atoms with van der Waals surface area (Å²) in [6, 6.07) is 24.5. The lowest BCUT2D eigenvalue weighted by Gasteiger charge is -2.11. The Morgan fingerprint density at radius 3 is 1.63 bits per heavy atom. The highest BCUT2D eigenvalue weighted by atomic mass is 32.2. The number of hydrogen-bond acceptors (Lipinski definition) is 6. The van der Waals surface area contributed by atoms with Crippen molar-refractivity contribution >= 4 is 33.9 Å². The lowest BCUT2D eigenvalue weighted by atomic mass is 10.1. The van der Waals surface area contributed by atoms with Gasteiger partial charge in [0, 0.05) is 0 Å². The Morgan fingerprint density at radius 2 is 1.11 bits per heavy atom. The van der Waals surface area contributed by atoms with Crippen LogP contribution in [0.5, 0.6) is 23.0 Å². The van der Waals surface area contributed by atoms with E-state index in [-0.39, 0.29) is 11.5 Å². The monoisotopic (exact) mass is 554 g/mol. The van der Waals surface area contributed by atoms with Crippen LogP contribution in [-0.2, 0) is 22.5 Å². The molecular weight excluding hydrogens is 524 g/mol. The van der Waals surface area contributed by atoms with Crippen molar-refractivity contribution in [1.82, 2.24) is 0 Å². The van der Waals surface area contributed by atoms with Crippen LogP contribution >= 0.6 is 0 Å². The number of rotatable bonds is 8. The maximum absolute atomic E-state index is 11.8. The highest BCUT2D eigenvalue weighted by molar-refractivity contribution is 7.82. The maximum Gasteiger partial charge on any atom is 0.316 e. The molecule has 0 aromatic heterocycles. The largest absolute Gasteiger partial charge is 0.506 e. The van der Waals surface area contributed by atoms with Crippen LogP contribution in [0, 0.1) is 27.7 Å². The predicted octanol–water partition coefficient (Wildman–Crippen LogP) is 6.16. The summed E-state index contributed by atoms with van der Waals surface area (Å²) in [6.45, 7) is 7.53. The standard InChI is InChI=1S/2C14H15NO3S/c1-10-8-13(14(16)9-11(10)2)15-19(17)18-12-6-4-3-5-7-12;1-10-8-11(2)14(13(16)9-10)15-19(17)18-12-6-4-3-5-7-12/h2*3-9,15-16H,1-2H3. The number of anilines is 2. The van der Waals surface area contributed by atoms with Gasteiger partial charge in [-0.3, -0.25) is 9.44 Å². The fourth-order valence-corrected chi connectivity index (χ4v) is 4.73. The number of benzene rings is 4. The van der Waals surface area contributed by atoms with Crippen molar-refractivity contribution in [2.24, 2.45) is 0 Å². The van der Waals surface area contributed by atoms with Gasteiger partial charge >= 0.3 is 22.5 Å². The Balaban J connectivity index is 0.000000211. The molecule has 200 valence electrons. The number of aromatic hydroxyl groups is 2. The summed E-state index contributed by atoms with van der Waals surface area (Å²) in [7, 11) is 0. The molecule has 0 aliphatic heterocycles. The molecule has 10 heteroatoms. The van der Waals surface area contributed by atoms with Crippen molar-refractivity contribution in [2.75, 3.05) is 9.44 Å². The molecule has 0 saturated heterocycles. The van der Waals surface area contributed by atoms with E-state index in [2.05, 4.69) is 9.44 Å². The Kier molecular flexibility index (Phi) is 10.1. The molecule has 0 aliphatic carbocycles. The van der Waals surface area contributed by atoms with Gasteiger partial charge in [0.25, 0.3) is 0 Å².